The Morgan fingerprint density at radius 1 is 1.39 bits per heavy atom. The molecule has 0 aromatic carbocycles. The minimum atomic E-state index is -0.668. The van der Waals surface area contributed by atoms with E-state index in [-0.39, 0.29) is 11.9 Å². The molecule has 0 radical (unpaired) electrons. The van der Waals surface area contributed by atoms with Gasteiger partial charge < -0.3 is 16.0 Å². The lowest BCUT2D eigenvalue weighted by Crippen LogP contribution is -2.53. The molecule has 1 aliphatic heterocycles. The molecule has 1 saturated heterocycles. The van der Waals surface area contributed by atoms with Crippen LogP contribution in [0.2, 0.25) is 0 Å². The van der Waals surface area contributed by atoms with Crippen molar-refractivity contribution in [2.45, 2.75) is 45.6 Å². The van der Waals surface area contributed by atoms with Gasteiger partial charge in [-0.1, -0.05) is 26.1 Å². The average Bonchev–Trinajstić information content (AvgIpc) is 2.34. The Hall–Kier alpha value is -0.680. The summed E-state index contributed by atoms with van der Waals surface area (Å²) in [6, 6.07) is 0.264. The number of nitrogens with two attached hydrogens (primary N) is 1. The molecule has 0 aromatic rings. The molecule has 0 aliphatic carbocycles. The molecule has 0 aromatic heterocycles. The maximum absolute atomic E-state index is 12.4. The van der Waals surface area contributed by atoms with Crippen LogP contribution in [0, 0.1) is 5.41 Å². The first-order chi connectivity index (χ1) is 8.46. The highest BCUT2D eigenvalue weighted by atomic mass is 32.1. The molecule has 0 spiro atoms. The summed E-state index contributed by atoms with van der Waals surface area (Å²) < 4.78 is 0. The number of amides is 1. The van der Waals surface area contributed by atoms with Gasteiger partial charge in [0.2, 0.25) is 5.91 Å². The predicted molar refractivity (Wildman–Crippen MR) is 78.5 cm³/mol. The molecule has 3 N–H and O–H groups in total. The zero-order chi connectivity index (χ0) is 13.8. The average molecular weight is 271 g/mol. The van der Waals surface area contributed by atoms with Crippen LogP contribution in [-0.4, -0.2) is 42.0 Å². The smallest absolute Gasteiger partial charge is 0.233 e. The van der Waals surface area contributed by atoms with E-state index in [1.165, 1.54) is 0 Å². The van der Waals surface area contributed by atoms with E-state index in [9.17, 15) is 4.79 Å². The summed E-state index contributed by atoms with van der Waals surface area (Å²) in [5.41, 5.74) is 5.12. The second-order valence-electron chi connectivity index (χ2n) is 5.20. The van der Waals surface area contributed by atoms with Crippen molar-refractivity contribution in [3.05, 3.63) is 0 Å². The SMILES string of the molecule is CCC(CC)(C(=O)NC1CCN(C)CC1)C(N)=S. The number of thiocarbonyl (C=S) groups is 1. The van der Waals surface area contributed by atoms with Crippen molar-refractivity contribution in [3.8, 4) is 0 Å². The van der Waals surface area contributed by atoms with Crippen LogP contribution in [0.5, 0.6) is 0 Å². The first-order valence-electron chi connectivity index (χ1n) is 6.75. The van der Waals surface area contributed by atoms with E-state index < -0.39 is 5.41 Å². The van der Waals surface area contributed by atoms with Gasteiger partial charge in [-0.05, 0) is 45.8 Å². The van der Waals surface area contributed by atoms with Gasteiger partial charge >= 0.3 is 0 Å². The molecular formula is C13H25N3OS. The molecule has 0 atom stereocenters. The van der Waals surface area contributed by atoms with Gasteiger partial charge in [0, 0.05) is 6.04 Å². The van der Waals surface area contributed by atoms with Gasteiger partial charge in [-0.2, -0.15) is 0 Å². The monoisotopic (exact) mass is 271 g/mol. The van der Waals surface area contributed by atoms with Crippen LogP contribution in [0.15, 0.2) is 0 Å². The van der Waals surface area contributed by atoms with Crippen molar-refractivity contribution in [3.63, 3.8) is 0 Å². The minimum Gasteiger partial charge on any atom is -0.392 e. The third-order valence-electron chi connectivity index (χ3n) is 4.17. The largest absolute Gasteiger partial charge is 0.392 e. The summed E-state index contributed by atoms with van der Waals surface area (Å²) in [6.07, 6.45) is 3.33. The fourth-order valence-electron chi connectivity index (χ4n) is 2.51. The van der Waals surface area contributed by atoms with Gasteiger partial charge in [-0.3, -0.25) is 4.79 Å². The van der Waals surface area contributed by atoms with Crippen LogP contribution in [0.1, 0.15) is 39.5 Å². The van der Waals surface area contributed by atoms with Crippen molar-refractivity contribution in [2.75, 3.05) is 20.1 Å². The third-order valence-corrected chi connectivity index (χ3v) is 4.56. The van der Waals surface area contributed by atoms with E-state index in [1.54, 1.807) is 0 Å². The Kier molecular flexibility index (Phi) is 5.53. The summed E-state index contributed by atoms with van der Waals surface area (Å²) in [6.45, 7) is 6.00. The summed E-state index contributed by atoms with van der Waals surface area (Å²) in [4.78, 5) is 15.0. The lowest BCUT2D eigenvalue weighted by atomic mass is 9.81. The summed E-state index contributed by atoms with van der Waals surface area (Å²) in [5, 5.41) is 3.13. The predicted octanol–water partition coefficient (Wildman–Crippen LogP) is 1.29. The van der Waals surface area contributed by atoms with Gasteiger partial charge in [0.25, 0.3) is 0 Å². The first kappa shape index (κ1) is 15.4. The molecule has 1 fully saturated rings. The van der Waals surface area contributed by atoms with Crippen LogP contribution in [0.25, 0.3) is 0 Å². The van der Waals surface area contributed by atoms with Crippen molar-refractivity contribution < 1.29 is 4.79 Å². The van der Waals surface area contributed by atoms with Gasteiger partial charge in [-0.15, -0.1) is 0 Å². The summed E-state index contributed by atoms with van der Waals surface area (Å²) >= 11 is 5.10. The molecule has 0 bridgehead atoms. The molecule has 1 aliphatic rings. The molecule has 0 unspecified atom stereocenters. The number of nitrogens with one attached hydrogen (secondary N) is 1. The third kappa shape index (κ3) is 3.20. The molecule has 0 saturated carbocycles. The molecule has 1 heterocycles. The van der Waals surface area contributed by atoms with E-state index in [2.05, 4.69) is 17.3 Å². The Morgan fingerprint density at radius 3 is 2.28 bits per heavy atom. The minimum absolute atomic E-state index is 0.00885. The van der Waals surface area contributed by atoms with Crippen LogP contribution in [0.4, 0.5) is 0 Å². The molecule has 5 heteroatoms. The standard InChI is InChI=1S/C13H25N3OS/c1-4-13(5-2,11(14)18)12(17)15-10-6-8-16(3)9-7-10/h10H,4-9H2,1-3H3,(H2,14,18)(H,15,17). The number of nitrogens with zero attached hydrogens (tertiary/aromatic N) is 1. The highest BCUT2D eigenvalue weighted by molar-refractivity contribution is 7.80. The Morgan fingerprint density at radius 2 is 1.89 bits per heavy atom. The molecule has 4 nitrogen and oxygen atoms in total. The number of likely N-dealkylation sites (tertiary alicyclic amines) is 1. The highest BCUT2D eigenvalue weighted by Crippen LogP contribution is 2.27. The first-order valence-corrected chi connectivity index (χ1v) is 7.16. The molecular weight excluding hydrogens is 246 g/mol. The Bertz CT molecular complexity index is 307. The Labute approximate surface area is 115 Å². The number of carbonyl (C=O) groups excluding carboxylic acids is 1. The molecule has 1 amide bonds. The summed E-state index contributed by atoms with van der Waals surface area (Å²) in [5.74, 6) is 0.00885. The van der Waals surface area contributed by atoms with E-state index in [0.717, 1.165) is 25.9 Å². The molecule has 1 rings (SSSR count). The number of hydrogen-bond acceptors (Lipinski definition) is 3. The lowest BCUT2D eigenvalue weighted by molar-refractivity contribution is -0.128. The van der Waals surface area contributed by atoms with Crippen molar-refractivity contribution in [2.24, 2.45) is 11.1 Å². The van der Waals surface area contributed by atoms with E-state index >= 15 is 0 Å². The zero-order valence-corrected chi connectivity index (χ0v) is 12.5. The normalized spacial score (nSPS) is 18.6. The second-order valence-corrected chi connectivity index (χ2v) is 5.64. The van der Waals surface area contributed by atoms with E-state index in [4.69, 9.17) is 18.0 Å². The fourth-order valence-corrected chi connectivity index (χ4v) is 2.89. The lowest BCUT2D eigenvalue weighted by Gasteiger charge is -2.34. The molecule has 18 heavy (non-hydrogen) atoms. The van der Waals surface area contributed by atoms with Crippen LogP contribution in [0.3, 0.4) is 0 Å². The topological polar surface area (TPSA) is 58.4 Å². The quantitative estimate of drug-likeness (QED) is 0.740. The van der Waals surface area contributed by atoms with Crippen molar-refractivity contribution in [1.29, 1.82) is 0 Å². The van der Waals surface area contributed by atoms with E-state index in [0.29, 0.717) is 17.8 Å². The van der Waals surface area contributed by atoms with Crippen molar-refractivity contribution in [1.82, 2.24) is 10.2 Å². The second kappa shape index (κ2) is 6.48. The highest BCUT2D eigenvalue weighted by Gasteiger charge is 2.39. The fraction of sp³-hybridized carbons (Fsp3) is 0.846. The maximum atomic E-state index is 12.4. The Balaban J connectivity index is 2.65. The number of hydrogen-bond donors (Lipinski definition) is 2. The van der Waals surface area contributed by atoms with Crippen molar-refractivity contribution >= 4 is 23.1 Å². The van der Waals surface area contributed by atoms with Gasteiger partial charge in [-0.25, -0.2) is 0 Å². The van der Waals surface area contributed by atoms with Crippen LogP contribution >= 0.6 is 12.2 Å². The number of piperidine rings is 1. The summed E-state index contributed by atoms with van der Waals surface area (Å²) in [7, 11) is 2.11. The molecule has 104 valence electrons. The number of rotatable bonds is 5. The van der Waals surface area contributed by atoms with Crippen LogP contribution in [-0.2, 0) is 4.79 Å². The zero-order valence-electron chi connectivity index (χ0n) is 11.7. The maximum Gasteiger partial charge on any atom is 0.233 e. The van der Waals surface area contributed by atoms with E-state index in [1.807, 2.05) is 13.8 Å². The number of carbonyl (C=O) groups is 1. The van der Waals surface area contributed by atoms with Gasteiger partial charge in [0.1, 0.15) is 0 Å². The van der Waals surface area contributed by atoms with Gasteiger partial charge in [0.05, 0.1) is 10.4 Å². The van der Waals surface area contributed by atoms with Crippen LogP contribution < -0.4 is 11.1 Å². The van der Waals surface area contributed by atoms with Gasteiger partial charge in [0.15, 0.2) is 0 Å².